The molecule has 0 amide bonds. The number of quaternary nitrogens is 1. The molecule has 0 radical (unpaired) electrons. The molecule has 0 rings (SSSR count). The number of rotatable bonds is 5. The van der Waals surface area contributed by atoms with Crippen LogP contribution in [0.15, 0.2) is 0 Å². The second kappa shape index (κ2) is 6.66. The summed E-state index contributed by atoms with van der Waals surface area (Å²) < 4.78 is 11.1. The first-order valence-corrected chi connectivity index (χ1v) is 3.82. The van der Waals surface area contributed by atoms with Crippen LogP contribution in [0.2, 0.25) is 0 Å². The molecule has 0 aliphatic rings. The molecular formula is C8H20ClNO2. The monoisotopic (exact) mass is 197 g/mol. The molecule has 76 valence electrons. The van der Waals surface area contributed by atoms with Crippen molar-refractivity contribution < 1.29 is 26.4 Å². The Hall–Kier alpha value is 0.170. The van der Waals surface area contributed by atoms with Crippen molar-refractivity contribution in [2.75, 3.05) is 48.5 Å². The summed E-state index contributed by atoms with van der Waals surface area (Å²) in [6, 6.07) is 0. The van der Waals surface area contributed by atoms with Gasteiger partial charge in [-0.15, -0.1) is 0 Å². The highest BCUT2D eigenvalue weighted by molar-refractivity contribution is 4.52. The first kappa shape index (κ1) is 14.7. The van der Waals surface area contributed by atoms with Gasteiger partial charge in [-0.3, -0.25) is 0 Å². The molecule has 0 heterocycles. The van der Waals surface area contributed by atoms with Gasteiger partial charge in [0.2, 0.25) is 0 Å². The fraction of sp³-hybridized carbons (Fsp3) is 1.00. The molecule has 12 heavy (non-hydrogen) atoms. The molecule has 0 saturated carbocycles. The van der Waals surface area contributed by atoms with Crippen molar-refractivity contribution in [3.8, 4) is 0 Å². The molecule has 0 bridgehead atoms. The SMILES string of the molecule is COCC(C[N+](C)(C)C)OC.[Cl-]. The molecule has 0 aliphatic heterocycles. The summed E-state index contributed by atoms with van der Waals surface area (Å²) in [5.41, 5.74) is 0. The minimum absolute atomic E-state index is 0. The fourth-order valence-corrected chi connectivity index (χ4v) is 0.992. The lowest BCUT2D eigenvalue weighted by Crippen LogP contribution is -3.00. The van der Waals surface area contributed by atoms with Crippen LogP contribution in [0.25, 0.3) is 0 Å². The van der Waals surface area contributed by atoms with E-state index >= 15 is 0 Å². The summed E-state index contributed by atoms with van der Waals surface area (Å²) >= 11 is 0. The summed E-state index contributed by atoms with van der Waals surface area (Å²) in [7, 11) is 9.84. The van der Waals surface area contributed by atoms with Crippen LogP contribution in [0.1, 0.15) is 0 Å². The molecule has 1 unspecified atom stereocenters. The summed E-state index contributed by atoms with van der Waals surface area (Å²) in [4.78, 5) is 0. The molecule has 1 atom stereocenters. The third-order valence-electron chi connectivity index (χ3n) is 1.44. The summed E-state index contributed by atoms with van der Waals surface area (Å²) in [6.07, 6.45) is 0.208. The van der Waals surface area contributed by atoms with E-state index in [-0.39, 0.29) is 18.5 Å². The Bertz CT molecular complexity index is 104. The van der Waals surface area contributed by atoms with E-state index in [2.05, 4.69) is 21.1 Å². The van der Waals surface area contributed by atoms with E-state index in [9.17, 15) is 0 Å². The van der Waals surface area contributed by atoms with E-state index in [0.29, 0.717) is 6.61 Å². The van der Waals surface area contributed by atoms with Crippen molar-refractivity contribution in [3.05, 3.63) is 0 Å². The highest BCUT2D eigenvalue weighted by Crippen LogP contribution is 1.98. The summed E-state index contributed by atoms with van der Waals surface area (Å²) in [6.45, 7) is 1.65. The van der Waals surface area contributed by atoms with Gasteiger partial charge in [-0.25, -0.2) is 0 Å². The number of halogens is 1. The topological polar surface area (TPSA) is 18.5 Å². The standard InChI is InChI=1S/C8H20NO2.ClH/c1-9(2,3)6-8(11-5)7-10-4;/h8H,6-7H2,1-5H3;1H/q+1;/p-1. The number of hydrogen-bond acceptors (Lipinski definition) is 2. The Morgan fingerprint density at radius 3 is 1.92 bits per heavy atom. The second-order valence-corrected chi connectivity index (χ2v) is 3.79. The first-order valence-electron chi connectivity index (χ1n) is 3.82. The van der Waals surface area contributed by atoms with Crippen LogP contribution in [0, 0.1) is 0 Å². The van der Waals surface area contributed by atoms with Crippen LogP contribution in [-0.4, -0.2) is 59.1 Å². The Balaban J connectivity index is 0. The molecule has 3 nitrogen and oxygen atoms in total. The van der Waals surface area contributed by atoms with Crippen molar-refractivity contribution >= 4 is 0 Å². The average Bonchev–Trinajstić information content (AvgIpc) is 1.84. The summed E-state index contributed by atoms with van der Waals surface area (Å²) in [5, 5.41) is 0. The van der Waals surface area contributed by atoms with E-state index in [1.165, 1.54) is 0 Å². The Kier molecular flexibility index (Phi) is 8.15. The van der Waals surface area contributed by atoms with E-state index in [0.717, 1.165) is 11.0 Å². The molecule has 0 aromatic heterocycles. The van der Waals surface area contributed by atoms with Crippen molar-refractivity contribution in [3.63, 3.8) is 0 Å². The lowest BCUT2D eigenvalue weighted by atomic mass is 10.3. The zero-order valence-electron chi connectivity index (χ0n) is 8.63. The van der Waals surface area contributed by atoms with Gasteiger partial charge >= 0.3 is 0 Å². The van der Waals surface area contributed by atoms with Crippen molar-refractivity contribution in [2.45, 2.75) is 6.10 Å². The molecule has 0 aromatic rings. The maximum atomic E-state index is 5.23. The van der Waals surface area contributed by atoms with Gasteiger partial charge in [-0.2, -0.15) is 0 Å². The molecule has 0 spiro atoms. The first-order chi connectivity index (χ1) is 4.99. The van der Waals surface area contributed by atoms with Crippen molar-refractivity contribution in [1.29, 1.82) is 0 Å². The van der Waals surface area contributed by atoms with Crippen molar-refractivity contribution in [1.82, 2.24) is 0 Å². The third-order valence-corrected chi connectivity index (χ3v) is 1.44. The van der Waals surface area contributed by atoms with E-state index in [4.69, 9.17) is 9.47 Å². The normalized spacial score (nSPS) is 13.8. The highest BCUT2D eigenvalue weighted by atomic mass is 35.5. The van der Waals surface area contributed by atoms with Gasteiger partial charge in [0.25, 0.3) is 0 Å². The molecule has 0 aromatic carbocycles. The molecule has 0 fully saturated rings. The fourth-order valence-electron chi connectivity index (χ4n) is 0.992. The second-order valence-electron chi connectivity index (χ2n) is 3.79. The quantitative estimate of drug-likeness (QED) is 0.449. The minimum Gasteiger partial charge on any atom is -1.00 e. The van der Waals surface area contributed by atoms with Crippen LogP contribution in [0.5, 0.6) is 0 Å². The van der Waals surface area contributed by atoms with E-state index < -0.39 is 0 Å². The van der Waals surface area contributed by atoms with Crippen LogP contribution >= 0.6 is 0 Å². The Labute approximate surface area is 81.6 Å². The zero-order chi connectivity index (χ0) is 8.91. The maximum Gasteiger partial charge on any atom is 0.129 e. The lowest BCUT2D eigenvalue weighted by Gasteiger charge is -2.28. The number of nitrogens with zero attached hydrogens (tertiary/aromatic N) is 1. The van der Waals surface area contributed by atoms with Crippen molar-refractivity contribution in [2.24, 2.45) is 0 Å². The van der Waals surface area contributed by atoms with Gasteiger partial charge in [-0.1, -0.05) is 0 Å². The molecular weight excluding hydrogens is 178 g/mol. The van der Waals surface area contributed by atoms with Crippen LogP contribution < -0.4 is 12.4 Å². The largest absolute Gasteiger partial charge is 1.00 e. The van der Waals surface area contributed by atoms with Gasteiger partial charge in [0.1, 0.15) is 12.6 Å². The molecule has 0 N–H and O–H groups in total. The maximum absolute atomic E-state index is 5.23. The minimum atomic E-state index is 0. The Morgan fingerprint density at radius 2 is 1.67 bits per heavy atom. The third kappa shape index (κ3) is 8.27. The molecule has 4 heteroatoms. The van der Waals surface area contributed by atoms with Gasteiger partial charge in [0, 0.05) is 14.2 Å². The number of hydrogen-bond donors (Lipinski definition) is 0. The molecule has 0 aliphatic carbocycles. The van der Waals surface area contributed by atoms with Gasteiger partial charge in [0.05, 0.1) is 27.7 Å². The number of likely N-dealkylation sites (N-methyl/N-ethyl adjacent to an activating group) is 1. The Morgan fingerprint density at radius 1 is 1.17 bits per heavy atom. The van der Waals surface area contributed by atoms with Crippen LogP contribution in [0.4, 0.5) is 0 Å². The summed E-state index contributed by atoms with van der Waals surface area (Å²) in [5.74, 6) is 0. The highest BCUT2D eigenvalue weighted by Gasteiger charge is 2.16. The van der Waals surface area contributed by atoms with Crippen LogP contribution in [0.3, 0.4) is 0 Å². The van der Waals surface area contributed by atoms with E-state index in [1.54, 1.807) is 14.2 Å². The predicted molar refractivity (Wildman–Crippen MR) is 45.6 cm³/mol. The smallest absolute Gasteiger partial charge is 0.129 e. The number of ether oxygens (including phenoxy) is 2. The molecule has 0 saturated heterocycles. The van der Waals surface area contributed by atoms with Crippen LogP contribution in [-0.2, 0) is 9.47 Å². The predicted octanol–water partition coefficient (Wildman–Crippen LogP) is -2.64. The van der Waals surface area contributed by atoms with Gasteiger partial charge < -0.3 is 26.4 Å². The van der Waals surface area contributed by atoms with E-state index in [1.807, 2.05) is 0 Å². The van der Waals surface area contributed by atoms with Gasteiger partial charge in [-0.05, 0) is 0 Å². The number of methoxy groups -OCH3 is 2. The zero-order valence-corrected chi connectivity index (χ0v) is 9.39. The average molecular weight is 198 g/mol. The lowest BCUT2D eigenvalue weighted by molar-refractivity contribution is -0.873. The van der Waals surface area contributed by atoms with Gasteiger partial charge in [0.15, 0.2) is 0 Å².